The number of nitrogens with zero attached hydrogens (tertiary/aromatic N) is 2. The highest BCUT2D eigenvalue weighted by Crippen LogP contribution is 2.38. The second kappa shape index (κ2) is 5.14. The van der Waals surface area contributed by atoms with Gasteiger partial charge in [0.05, 0.1) is 19.1 Å². The quantitative estimate of drug-likeness (QED) is 0.835. The van der Waals surface area contributed by atoms with Crippen molar-refractivity contribution in [2.75, 3.05) is 19.7 Å². The van der Waals surface area contributed by atoms with Crippen LogP contribution in [0.25, 0.3) is 0 Å². The summed E-state index contributed by atoms with van der Waals surface area (Å²) in [5, 5.41) is 7.32. The number of rotatable bonds is 5. The van der Waals surface area contributed by atoms with E-state index < -0.39 is 0 Å². The van der Waals surface area contributed by atoms with Crippen LogP contribution in [0.3, 0.4) is 0 Å². The first-order chi connectivity index (χ1) is 8.42. The monoisotopic (exact) mass is 237 g/mol. The fraction of sp³-hybridized carbons (Fsp3) is 0.833. The van der Waals surface area contributed by atoms with Crippen LogP contribution in [-0.2, 0) is 11.2 Å². The zero-order valence-electron chi connectivity index (χ0n) is 10.0. The van der Waals surface area contributed by atoms with Crippen molar-refractivity contribution in [3.63, 3.8) is 0 Å². The highest BCUT2D eigenvalue weighted by molar-refractivity contribution is 5.03. The largest absolute Gasteiger partial charge is 0.378 e. The second-order valence-corrected chi connectivity index (χ2v) is 4.89. The maximum atomic E-state index is 5.80. The zero-order chi connectivity index (χ0) is 11.5. The molecule has 2 fully saturated rings. The predicted molar refractivity (Wildman–Crippen MR) is 61.8 cm³/mol. The van der Waals surface area contributed by atoms with E-state index in [9.17, 15) is 0 Å². The van der Waals surface area contributed by atoms with E-state index in [1.165, 1.54) is 12.8 Å². The minimum absolute atomic E-state index is 0.405. The smallest absolute Gasteiger partial charge is 0.228 e. The van der Waals surface area contributed by atoms with Gasteiger partial charge in [0.2, 0.25) is 5.89 Å². The molecule has 2 heterocycles. The number of aromatic nitrogens is 2. The van der Waals surface area contributed by atoms with Crippen LogP contribution in [0.2, 0.25) is 0 Å². The van der Waals surface area contributed by atoms with Gasteiger partial charge in [0, 0.05) is 5.92 Å². The van der Waals surface area contributed by atoms with E-state index in [4.69, 9.17) is 9.26 Å². The average Bonchev–Trinajstić information content (AvgIpc) is 3.11. The van der Waals surface area contributed by atoms with Crippen LogP contribution in [-0.4, -0.2) is 35.9 Å². The van der Waals surface area contributed by atoms with E-state index in [2.05, 4.69) is 15.5 Å². The predicted octanol–water partition coefficient (Wildman–Crippen LogP) is 1.26. The van der Waals surface area contributed by atoms with Gasteiger partial charge in [-0.1, -0.05) is 5.16 Å². The summed E-state index contributed by atoms with van der Waals surface area (Å²) in [4.78, 5) is 4.38. The topological polar surface area (TPSA) is 60.2 Å². The Balaban J connectivity index is 1.40. The SMILES string of the molecule is C1CC(OCCc2nc(C3CC3)no2)CCN1. The molecule has 0 atom stereocenters. The number of ether oxygens (including phenoxy) is 1. The van der Waals surface area contributed by atoms with E-state index in [0.717, 1.165) is 44.1 Å². The summed E-state index contributed by atoms with van der Waals surface area (Å²) in [5.74, 6) is 2.18. The third kappa shape index (κ3) is 3.04. The van der Waals surface area contributed by atoms with Crippen molar-refractivity contribution in [1.29, 1.82) is 0 Å². The van der Waals surface area contributed by atoms with Crippen molar-refractivity contribution in [2.24, 2.45) is 0 Å². The highest BCUT2D eigenvalue weighted by Gasteiger charge is 2.28. The fourth-order valence-corrected chi connectivity index (χ4v) is 2.15. The molecular formula is C12H19N3O2. The molecule has 0 amide bonds. The van der Waals surface area contributed by atoms with Gasteiger partial charge in [-0.3, -0.25) is 0 Å². The lowest BCUT2D eigenvalue weighted by atomic mass is 10.1. The van der Waals surface area contributed by atoms with Crippen LogP contribution < -0.4 is 5.32 Å². The summed E-state index contributed by atoms with van der Waals surface area (Å²) < 4.78 is 11.0. The second-order valence-electron chi connectivity index (χ2n) is 4.89. The molecule has 0 bridgehead atoms. The summed E-state index contributed by atoms with van der Waals surface area (Å²) in [6.07, 6.45) is 5.79. The molecule has 1 aliphatic heterocycles. The molecule has 0 radical (unpaired) electrons. The summed E-state index contributed by atoms with van der Waals surface area (Å²) in [5.41, 5.74) is 0. The van der Waals surface area contributed by atoms with Crippen LogP contribution in [0.5, 0.6) is 0 Å². The Morgan fingerprint density at radius 2 is 2.06 bits per heavy atom. The zero-order valence-corrected chi connectivity index (χ0v) is 10.0. The first kappa shape index (κ1) is 11.2. The minimum Gasteiger partial charge on any atom is -0.378 e. The van der Waals surface area contributed by atoms with Crippen molar-refractivity contribution >= 4 is 0 Å². The van der Waals surface area contributed by atoms with Gasteiger partial charge in [-0.05, 0) is 38.8 Å². The van der Waals surface area contributed by atoms with E-state index >= 15 is 0 Å². The molecule has 1 aromatic rings. The average molecular weight is 237 g/mol. The van der Waals surface area contributed by atoms with Gasteiger partial charge in [-0.2, -0.15) is 4.98 Å². The van der Waals surface area contributed by atoms with Crippen molar-refractivity contribution in [3.8, 4) is 0 Å². The molecule has 94 valence electrons. The molecule has 17 heavy (non-hydrogen) atoms. The molecule has 1 aliphatic carbocycles. The fourth-order valence-electron chi connectivity index (χ4n) is 2.15. The maximum absolute atomic E-state index is 5.80. The Kier molecular flexibility index (Phi) is 3.38. The molecule has 5 nitrogen and oxygen atoms in total. The molecule has 1 N–H and O–H groups in total. The Bertz CT molecular complexity index is 356. The van der Waals surface area contributed by atoms with Gasteiger partial charge in [0.1, 0.15) is 0 Å². The van der Waals surface area contributed by atoms with Gasteiger partial charge in [-0.25, -0.2) is 0 Å². The van der Waals surface area contributed by atoms with Gasteiger partial charge >= 0.3 is 0 Å². The van der Waals surface area contributed by atoms with Crippen LogP contribution in [0.1, 0.15) is 43.3 Å². The van der Waals surface area contributed by atoms with Crippen LogP contribution in [0.15, 0.2) is 4.52 Å². The summed E-state index contributed by atoms with van der Waals surface area (Å²) in [7, 11) is 0. The molecule has 0 spiro atoms. The number of nitrogens with one attached hydrogen (secondary N) is 1. The lowest BCUT2D eigenvalue weighted by Crippen LogP contribution is -2.32. The van der Waals surface area contributed by atoms with Gasteiger partial charge in [-0.15, -0.1) is 0 Å². The van der Waals surface area contributed by atoms with Crippen molar-refractivity contribution in [1.82, 2.24) is 15.5 Å². The van der Waals surface area contributed by atoms with Gasteiger partial charge in [0.15, 0.2) is 5.82 Å². The molecule has 3 rings (SSSR count). The van der Waals surface area contributed by atoms with Gasteiger partial charge < -0.3 is 14.6 Å². The summed E-state index contributed by atoms with van der Waals surface area (Å²) in [6, 6.07) is 0. The van der Waals surface area contributed by atoms with E-state index in [1.807, 2.05) is 0 Å². The van der Waals surface area contributed by atoms with Crippen molar-refractivity contribution < 1.29 is 9.26 Å². The van der Waals surface area contributed by atoms with E-state index in [1.54, 1.807) is 0 Å². The maximum Gasteiger partial charge on any atom is 0.228 e. The standard InChI is InChI=1S/C12H19N3O2/c1-2-9(1)12-14-11(17-15-12)5-8-16-10-3-6-13-7-4-10/h9-10,13H,1-8H2. The van der Waals surface area contributed by atoms with Crippen LogP contribution >= 0.6 is 0 Å². The summed E-state index contributed by atoms with van der Waals surface area (Å²) in [6.45, 7) is 2.82. The third-order valence-corrected chi connectivity index (χ3v) is 3.38. The number of hydrogen-bond donors (Lipinski definition) is 1. The molecule has 1 saturated carbocycles. The number of piperidine rings is 1. The lowest BCUT2D eigenvalue weighted by molar-refractivity contribution is 0.0322. The van der Waals surface area contributed by atoms with E-state index in [0.29, 0.717) is 18.6 Å². The molecule has 5 heteroatoms. The van der Waals surface area contributed by atoms with Crippen molar-refractivity contribution in [3.05, 3.63) is 11.7 Å². The summed E-state index contributed by atoms with van der Waals surface area (Å²) >= 11 is 0. The highest BCUT2D eigenvalue weighted by atomic mass is 16.5. The number of hydrogen-bond acceptors (Lipinski definition) is 5. The Morgan fingerprint density at radius 1 is 1.24 bits per heavy atom. The normalized spacial score (nSPS) is 21.9. The molecular weight excluding hydrogens is 218 g/mol. The molecule has 1 aromatic heterocycles. The Morgan fingerprint density at radius 3 is 2.82 bits per heavy atom. The van der Waals surface area contributed by atoms with Crippen LogP contribution in [0, 0.1) is 0 Å². The lowest BCUT2D eigenvalue weighted by Gasteiger charge is -2.22. The molecule has 0 aromatic carbocycles. The molecule has 1 saturated heterocycles. The molecule has 0 unspecified atom stereocenters. The van der Waals surface area contributed by atoms with Crippen molar-refractivity contribution in [2.45, 2.75) is 44.1 Å². The first-order valence-corrected chi connectivity index (χ1v) is 6.56. The third-order valence-electron chi connectivity index (χ3n) is 3.38. The van der Waals surface area contributed by atoms with E-state index in [-0.39, 0.29) is 0 Å². The molecule has 2 aliphatic rings. The first-order valence-electron chi connectivity index (χ1n) is 6.56. The Hall–Kier alpha value is -0.940. The van der Waals surface area contributed by atoms with Gasteiger partial charge in [0.25, 0.3) is 0 Å². The Labute approximate surface area is 101 Å². The minimum atomic E-state index is 0.405. The van der Waals surface area contributed by atoms with Crippen LogP contribution in [0.4, 0.5) is 0 Å².